The van der Waals surface area contributed by atoms with Crippen molar-refractivity contribution in [2.45, 2.75) is 6.54 Å². The van der Waals surface area contributed by atoms with Gasteiger partial charge in [-0.3, -0.25) is 4.79 Å². The van der Waals surface area contributed by atoms with E-state index in [0.29, 0.717) is 27.1 Å². The molecule has 110 valence electrons. The number of nitrogens with one attached hydrogen (secondary N) is 1. The van der Waals surface area contributed by atoms with Gasteiger partial charge in [0.25, 0.3) is 5.91 Å². The zero-order valence-corrected chi connectivity index (χ0v) is 13.5. The normalized spacial score (nSPS) is 10.2. The molecule has 2 rings (SSSR count). The number of halogens is 2. The minimum absolute atomic E-state index is 0.256. The molecule has 0 aliphatic rings. The highest BCUT2D eigenvalue weighted by molar-refractivity contribution is 14.1. The van der Waals surface area contributed by atoms with Crippen molar-refractivity contribution in [2.75, 3.05) is 12.8 Å². The molecule has 1 amide bonds. The number of anilines is 1. The van der Waals surface area contributed by atoms with Crippen LogP contribution in [0.1, 0.15) is 15.9 Å². The molecule has 0 radical (unpaired) electrons. The van der Waals surface area contributed by atoms with Gasteiger partial charge >= 0.3 is 0 Å². The first-order chi connectivity index (χ1) is 10.0. The number of carbonyl (C=O) groups is 1. The standard InChI is InChI=1S/C15H14FIN2O2/c1-21-14-5-2-9(6-13(14)18)8-19-15(20)11-4-3-10(16)7-12(11)17/h2-7H,8,18H2,1H3,(H,19,20). The van der Waals surface area contributed by atoms with Crippen LogP contribution < -0.4 is 15.8 Å². The quantitative estimate of drug-likeness (QED) is 0.613. The SMILES string of the molecule is COc1ccc(CNC(=O)c2ccc(F)cc2I)cc1N. The summed E-state index contributed by atoms with van der Waals surface area (Å²) in [5.41, 5.74) is 7.63. The Balaban J connectivity index is 2.05. The van der Waals surface area contributed by atoms with Crippen molar-refractivity contribution in [1.29, 1.82) is 0 Å². The second-order valence-corrected chi connectivity index (χ2v) is 5.55. The van der Waals surface area contributed by atoms with E-state index in [1.165, 1.54) is 18.2 Å². The van der Waals surface area contributed by atoms with Crippen LogP contribution in [-0.2, 0) is 6.54 Å². The van der Waals surface area contributed by atoms with Crippen molar-refractivity contribution < 1.29 is 13.9 Å². The number of rotatable bonds is 4. The molecule has 6 heteroatoms. The highest BCUT2D eigenvalue weighted by Gasteiger charge is 2.10. The van der Waals surface area contributed by atoms with E-state index in [-0.39, 0.29) is 11.7 Å². The zero-order chi connectivity index (χ0) is 15.4. The molecule has 0 unspecified atom stereocenters. The Labute approximate surface area is 135 Å². The van der Waals surface area contributed by atoms with Gasteiger partial charge in [-0.25, -0.2) is 4.39 Å². The predicted molar refractivity (Wildman–Crippen MR) is 87.7 cm³/mol. The van der Waals surface area contributed by atoms with E-state index in [9.17, 15) is 9.18 Å². The summed E-state index contributed by atoms with van der Waals surface area (Å²) in [5.74, 6) is -0.0224. The molecular weight excluding hydrogens is 386 g/mol. The molecule has 0 aliphatic carbocycles. The largest absolute Gasteiger partial charge is 0.495 e. The van der Waals surface area contributed by atoms with Gasteiger partial charge in [-0.2, -0.15) is 0 Å². The van der Waals surface area contributed by atoms with E-state index in [2.05, 4.69) is 5.32 Å². The number of methoxy groups -OCH3 is 1. The molecule has 0 aliphatic heterocycles. The highest BCUT2D eigenvalue weighted by atomic mass is 127. The number of amides is 1. The lowest BCUT2D eigenvalue weighted by Gasteiger charge is -2.09. The molecule has 0 heterocycles. The van der Waals surface area contributed by atoms with E-state index >= 15 is 0 Å². The van der Waals surface area contributed by atoms with Crippen LogP contribution in [0.3, 0.4) is 0 Å². The smallest absolute Gasteiger partial charge is 0.252 e. The number of hydrogen-bond acceptors (Lipinski definition) is 3. The molecule has 0 aromatic heterocycles. The van der Waals surface area contributed by atoms with Crippen LogP contribution in [0.2, 0.25) is 0 Å². The third kappa shape index (κ3) is 3.84. The lowest BCUT2D eigenvalue weighted by Crippen LogP contribution is -2.23. The summed E-state index contributed by atoms with van der Waals surface area (Å²) in [7, 11) is 1.55. The molecule has 4 nitrogen and oxygen atoms in total. The Morgan fingerprint density at radius 3 is 2.71 bits per heavy atom. The monoisotopic (exact) mass is 400 g/mol. The van der Waals surface area contributed by atoms with Crippen molar-refractivity contribution in [3.63, 3.8) is 0 Å². The van der Waals surface area contributed by atoms with Crippen LogP contribution >= 0.6 is 22.6 Å². The Morgan fingerprint density at radius 2 is 2.10 bits per heavy atom. The maximum atomic E-state index is 13.0. The molecule has 2 aromatic carbocycles. The maximum Gasteiger partial charge on any atom is 0.252 e. The average molecular weight is 400 g/mol. The fraction of sp³-hybridized carbons (Fsp3) is 0.133. The Hall–Kier alpha value is -1.83. The van der Waals surface area contributed by atoms with E-state index in [1.54, 1.807) is 19.2 Å². The summed E-state index contributed by atoms with van der Waals surface area (Å²) < 4.78 is 18.7. The van der Waals surface area contributed by atoms with Gasteiger partial charge in [0.05, 0.1) is 18.4 Å². The van der Waals surface area contributed by atoms with Gasteiger partial charge in [0.1, 0.15) is 11.6 Å². The first kappa shape index (κ1) is 15.6. The second kappa shape index (κ2) is 6.75. The molecule has 0 atom stereocenters. The molecule has 2 aromatic rings. The van der Waals surface area contributed by atoms with E-state index in [4.69, 9.17) is 10.5 Å². The third-order valence-electron chi connectivity index (χ3n) is 2.92. The molecule has 3 N–H and O–H groups in total. The van der Waals surface area contributed by atoms with E-state index in [1.807, 2.05) is 28.7 Å². The molecule has 0 bridgehead atoms. The predicted octanol–water partition coefficient (Wildman–Crippen LogP) is 2.95. The Kier molecular flexibility index (Phi) is 5.00. The Morgan fingerprint density at radius 1 is 1.33 bits per heavy atom. The number of benzene rings is 2. The molecule has 0 fully saturated rings. The van der Waals surface area contributed by atoms with Crippen LogP contribution in [0, 0.1) is 9.39 Å². The van der Waals surface area contributed by atoms with Crippen LogP contribution in [-0.4, -0.2) is 13.0 Å². The van der Waals surface area contributed by atoms with Gasteiger partial charge in [-0.05, 0) is 58.5 Å². The maximum absolute atomic E-state index is 13.0. The second-order valence-electron chi connectivity index (χ2n) is 4.38. The molecule has 21 heavy (non-hydrogen) atoms. The van der Waals surface area contributed by atoms with Gasteiger partial charge in [-0.1, -0.05) is 6.07 Å². The number of carbonyl (C=O) groups excluding carboxylic acids is 1. The molecule has 0 saturated carbocycles. The summed E-state index contributed by atoms with van der Waals surface area (Å²) in [6.07, 6.45) is 0. The summed E-state index contributed by atoms with van der Waals surface area (Å²) in [6.45, 7) is 0.334. The summed E-state index contributed by atoms with van der Waals surface area (Å²) in [6, 6.07) is 9.37. The fourth-order valence-electron chi connectivity index (χ4n) is 1.84. The molecule has 0 spiro atoms. The molecule has 0 saturated heterocycles. The van der Waals surface area contributed by atoms with Gasteiger partial charge in [0.2, 0.25) is 0 Å². The van der Waals surface area contributed by atoms with Gasteiger partial charge in [-0.15, -0.1) is 0 Å². The lowest BCUT2D eigenvalue weighted by molar-refractivity contribution is 0.0950. The number of hydrogen-bond donors (Lipinski definition) is 2. The van der Waals surface area contributed by atoms with Crippen LogP contribution in [0.15, 0.2) is 36.4 Å². The summed E-state index contributed by atoms with van der Waals surface area (Å²) in [5, 5.41) is 2.78. The van der Waals surface area contributed by atoms with Gasteiger partial charge in [0, 0.05) is 10.1 Å². The number of nitrogens with two attached hydrogens (primary N) is 1. The average Bonchev–Trinajstić information content (AvgIpc) is 2.45. The number of ether oxygens (including phenoxy) is 1. The zero-order valence-electron chi connectivity index (χ0n) is 11.3. The van der Waals surface area contributed by atoms with Crippen molar-refractivity contribution in [3.8, 4) is 5.75 Å². The van der Waals surface area contributed by atoms with Crippen molar-refractivity contribution in [1.82, 2.24) is 5.32 Å². The lowest BCUT2D eigenvalue weighted by atomic mass is 10.1. The minimum Gasteiger partial charge on any atom is -0.495 e. The summed E-state index contributed by atoms with van der Waals surface area (Å²) in [4.78, 5) is 12.1. The van der Waals surface area contributed by atoms with E-state index < -0.39 is 0 Å². The fourth-order valence-corrected chi connectivity index (χ4v) is 2.57. The first-order valence-corrected chi connectivity index (χ1v) is 7.25. The first-order valence-electron chi connectivity index (χ1n) is 6.17. The highest BCUT2D eigenvalue weighted by Crippen LogP contribution is 2.22. The summed E-state index contributed by atoms with van der Waals surface area (Å²) >= 11 is 1.93. The topological polar surface area (TPSA) is 64.3 Å². The van der Waals surface area contributed by atoms with Gasteiger partial charge < -0.3 is 15.8 Å². The van der Waals surface area contributed by atoms with Crippen LogP contribution in [0.25, 0.3) is 0 Å². The van der Waals surface area contributed by atoms with Crippen molar-refractivity contribution in [2.24, 2.45) is 0 Å². The van der Waals surface area contributed by atoms with Gasteiger partial charge in [0.15, 0.2) is 0 Å². The van der Waals surface area contributed by atoms with E-state index in [0.717, 1.165) is 5.56 Å². The number of nitrogen functional groups attached to an aromatic ring is 1. The van der Waals surface area contributed by atoms with Crippen LogP contribution in [0.5, 0.6) is 5.75 Å². The third-order valence-corrected chi connectivity index (χ3v) is 3.82. The molecular formula is C15H14FIN2O2. The van der Waals surface area contributed by atoms with Crippen molar-refractivity contribution in [3.05, 3.63) is 56.9 Å². The minimum atomic E-state index is -0.362. The Bertz CT molecular complexity index is 677. The van der Waals surface area contributed by atoms with Crippen LogP contribution in [0.4, 0.5) is 10.1 Å². The van der Waals surface area contributed by atoms with Crippen molar-refractivity contribution >= 4 is 34.2 Å².